The first-order valence-electron chi connectivity index (χ1n) is 3.69. The molecule has 4 atom stereocenters. The second-order valence-electron chi connectivity index (χ2n) is 3.02. The summed E-state index contributed by atoms with van der Waals surface area (Å²) in [5.74, 6) is 0. The number of nitrogens with zero attached hydrogens (tertiary/aromatic N) is 3. The number of rotatable bonds is 1. The first-order valence-corrected chi connectivity index (χ1v) is 3.69. The number of fused-ring (bicyclic) bond motifs is 1. The van der Waals surface area contributed by atoms with E-state index < -0.39 is 6.10 Å². The molecule has 1 aliphatic heterocycles. The largest absolute Gasteiger partial charge is 0.393 e. The van der Waals surface area contributed by atoms with Gasteiger partial charge in [-0.2, -0.15) is 0 Å². The highest BCUT2D eigenvalue weighted by Crippen LogP contribution is 2.37. The quantitative estimate of drug-likeness (QED) is 0.260. The molecule has 0 amide bonds. The minimum atomic E-state index is -0.505. The van der Waals surface area contributed by atoms with Crippen molar-refractivity contribution in [3.8, 4) is 0 Å². The number of azide groups is 1. The summed E-state index contributed by atoms with van der Waals surface area (Å²) in [7, 11) is 0. The van der Waals surface area contributed by atoms with Gasteiger partial charge in [-0.05, 0) is 12.0 Å². The molecular weight excluding hydrogens is 146 g/mol. The minimum Gasteiger partial charge on any atom is -0.393 e. The highest BCUT2D eigenvalue weighted by molar-refractivity contribution is 4.99. The second-order valence-corrected chi connectivity index (χ2v) is 3.02. The third-order valence-electron chi connectivity index (χ3n) is 2.28. The predicted molar refractivity (Wildman–Crippen MR) is 36.8 cm³/mol. The van der Waals surface area contributed by atoms with Gasteiger partial charge in [0.15, 0.2) is 0 Å². The highest BCUT2D eigenvalue weighted by atomic mass is 16.6. The van der Waals surface area contributed by atoms with Crippen LogP contribution in [0.25, 0.3) is 10.4 Å². The zero-order chi connectivity index (χ0) is 7.84. The van der Waals surface area contributed by atoms with Crippen molar-refractivity contribution in [2.45, 2.75) is 37.2 Å². The number of epoxide rings is 1. The van der Waals surface area contributed by atoms with Crippen LogP contribution in [0.2, 0.25) is 0 Å². The van der Waals surface area contributed by atoms with Gasteiger partial charge in [0.1, 0.15) is 0 Å². The molecule has 2 fully saturated rings. The van der Waals surface area contributed by atoms with Crippen molar-refractivity contribution in [1.82, 2.24) is 0 Å². The smallest absolute Gasteiger partial charge is 0.0866 e. The molecule has 0 aromatic rings. The van der Waals surface area contributed by atoms with Crippen molar-refractivity contribution >= 4 is 0 Å². The first kappa shape index (κ1) is 6.91. The Bertz CT molecular complexity index is 214. The monoisotopic (exact) mass is 155 g/mol. The van der Waals surface area contributed by atoms with Crippen molar-refractivity contribution in [2.24, 2.45) is 5.11 Å². The number of hydrogen-bond acceptors (Lipinski definition) is 3. The van der Waals surface area contributed by atoms with Gasteiger partial charge in [0.25, 0.3) is 0 Å². The minimum absolute atomic E-state index is 0.232. The van der Waals surface area contributed by atoms with E-state index in [1.807, 2.05) is 0 Å². The molecule has 60 valence electrons. The van der Waals surface area contributed by atoms with E-state index >= 15 is 0 Å². The van der Waals surface area contributed by atoms with Crippen LogP contribution in [0, 0.1) is 0 Å². The Kier molecular flexibility index (Phi) is 1.49. The van der Waals surface area contributed by atoms with Gasteiger partial charge in [0, 0.05) is 11.3 Å². The molecule has 0 aromatic carbocycles. The van der Waals surface area contributed by atoms with E-state index in [9.17, 15) is 5.11 Å². The van der Waals surface area contributed by atoms with E-state index in [2.05, 4.69) is 10.0 Å². The molecule has 2 rings (SSSR count). The highest BCUT2D eigenvalue weighted by Gasteiger charge is 2.47. The summed E-state index contributed by atoms with van der Waals surface area (Å²) in [6.45, 7) is 0. The van der Waals surface area contributed by atoms with E-state index in [1.54, 1.807) is 0 Å². The molecule has 0 aromatic heterocycles. The summed E-state index contributed by atoms with van der Waals surface area (Å²) in [5.41, 5.74) is 8.14. The first-order chi connectivity index (χ1) is 5.31. The summed E-state index contributed by atoms with van der Waals surface area (Å²) in [4.78, 5) is 2.67. The fourth-order valence-corrected chi connectivity index (χ4v) is 1.57. The van der Waals surface area contributed by atoms with Gasteiger partial charge in [0.05, 0.1) is 24.4 Å². The van der Waals surface area contributed by atoms with Crippen LogP contribution in [-0.4, -0.2) is 29.5 Å². The lowest BCUT2D eigenvalue weighted by Gasteiger charge is -2.19. The van der Waals surface area contributed by atoms with E-state index in [1.165, 1.54) is 0 Å². The number of ether oxygens (including phenoxy) is 1. The molecule has 0 bridgehead atoms. The van der Waals surface area contributed by atoms with Gasteiger partial charge >= 0.3 is 0 Å². The van der Waals surface area contributed by atoms with Gasteiger partial charge < -0.3 is 9.84 Å². The summed E-state index contributed by atoms with van der Waals surface area (Å²) >= 11 is 0. The van der Waals surface area contributed by atoms with Gasteiger partial charge in [-0.1, -0.05) is 5.11 Å². The zero-order valence-electron chi connectivity index (χ0n) is 5.92. The van der Waals surface area contributed by atoms with Crippen LogP contribution in [-0.2, 0) is 4.74 Å². The van der Waals surface area contributed by atoms with E-state index in [0.29, 0.717) is 12.8 Å². The average Bonchev–Trinajstić information content (AvgIpc) is 2.67. The Labute approximate surface area is 63.6 Å². The lowest BCUT2D eigenvalue weighted by molar-refractivity contribution is 0.118. The third kappa shape index (κ3) is 1.18. The normalized spacial score (nSPS) is 47.4. The standard InChI is InChI=1S/C6H9N3O2/c7-9-8-3-1-5-6(11-5)2-4(3)10/h3-6,10H,1-2H2/t3-,4-,5?,6+/m1/s1. The van der Waals surface area contributed by atoms with Gasteiger partial charge in [0.2, 0.25) is 0 Å². The Morgan fingerprint density at radius 2 is 2.18 bits per heavy atom. The molecule has 1 heterocycles. The Balaban J connectivity index is 2.02. The van der Waals surface area contributed by atoms with Crippen LogP contribution in [0.15, 0.2) is 5.11 Å². The summed E-state index contributed by atoms with van der Waals surface area (Å²) < 4.78 is 5.18. The van der Waals surface area contributed by atoms with E-state index in [0.717, 1.165) is 0 Å². The molecule has 1 saturated heterocycles. The summed E-state index contributed by atoms with van der Waals surface area (Å²) in [6, 6.07) is -0.274. The third-order valence-corrected chi connectivity index (χ3v) is 2.28. The Morgan fingerprint density at radius 3 is 2.91 bits per heavy atom. The number of hydrogen-bond donors (Lipinski definition) is 1. The second kappa shape index (κ2) is 2.37. The van der Waals surface area contributed by atoms with Crippen LogP contribution >= 0.6 is 0 Å². The molecule has 11 heavy (non-hydrogen) atoms. The summed E-state index contributed by atoms with van der Waals surface area (Å²) in [5, 5.41) is 12.8. The van der Waals surface area contributed by atoms with Crippen LogP contribution < -0.4 is 0 Å². The average molecular weight is 155 g/mol. The van der Waals surface area contributed by atoms with Gasteiger partial charge in [-0.15, -0.1) is 0 Å². The van der Waals surface area contributed by atoms with Gasteiger partial charge in [-0.3, -0.25) is 0 Å². The van der Waals surface area contributed by atoms with Crippen LogP contribution in [0.3, 0.4) is 0 Å². The Hall–Kier alpha value is -0.770. The molecule has 5 heteroatoms. The van der Waals surface area contributed by atoms with Crippen molar-refractivity contribution in [1.29, 1.82) is 0 Å². The molecule has 1 aliphatic carbocycles. The predicted octanol–water partition coefficient (Wildman–Crippen LogP) is 0.587. The molecule has 5 nitrogen and oxygen atoms in total. The van der Waals surface area contributed by atoms with Gasteiger partial charge in [-0.25, -0.2) is 0 Å². The summed E-state index contributed by atoms with van der Waals surface area (Å²) in [6.07, 6.45) is 1.27. The van der Waals surface area contributed by atoms with Crippen molar-refractivity contribution in [2.75, 3.05) is 0 Å². The molecule has 0 spiro atoms. The van der Waals surface area contributed by atoms with E-state index in [-0.39, 0.29) is 18.2 Å². The topological polar surface area (TPSA) is 81.5 Å². The van der Waals surface area contributed by atoms with Crippen LogP contribution in [0.1, 0.15) is 12.8 Å². The zero-order valence-corrected chi connectivity index (χ0v) is 5.92. The molecule has 1 unspecified atom stereocenters. The lowest BCUT2D eigenvalue weighted by atomic mass is 9.93. The lowest BCUT2D eigenvalue weighted by Crippen LogP contribution is -2.31. The maximum absolute atomic E-state index is 9.35. The molecular formula is C6H9N3O2. The van der Waals surface area contributed by atoms with Crippen molar-refractivity contribution in [3.05, 3.63) is 10.4 Å². The molecule has 2 aliphatic rings. The van der Waals surface area contributed by atoms with E-state index in [4.69, 9.17) is 10.3 Å². The number of aliphatic hydroxyl groups excluding tert-OH is 1. The van der Waals surface area contributed by atoms with Crippen molar-refractivity contribution < 1.29 is 9.84 Å². The fraction of sp³-hybridized carbons (Fsp3) is 1.00. The maximum Gasteiger partial charge on any atom is 0.0866 e. The van der Waals surface area contributed by atoms with Crippen LogP contribution in [0.4, 0.5) is 0 Å². The van der Waals surface area contributed by atoms with Crippen LogP contribution in [0.5, 0.6) is 0 Å². The number of aliphatic hydroxyl groups is 1. The molecule has 1 saturated carbocycles. The van der Waals surface area contributed by atoms with Crippen molar-refractivity contribution in [3.63, 3.8) is 0 Å². The molecule has 0 radical (unpaired) electrons. The SMILES string of the molecule is [N-]=[N+]=N[C@@H]1CC2O[C@H]2C[C@H]1O. The maximum atomic E-state index is 9.35. The fourth-order valence-electron chi connectivity index (χ4n) is 1.57. The molecule has 1 N–H and O–H groups in total. The Morgan fingerprint density at radius 1 is 1.45 bits per heavy atom.